The van der Waals surface area contributed by atoms with Crippen molar-refractivity contribution in [2.45, 2.75) is 13.8 Å². The van der Waals surface area contributed by atoms with Gasteiger partial charge in [0.15, 0.2) is 0 Å². The fourth-order valence-electron chi connectivity index (χ4n) is 1.35. The molecular formula is C12H16N2O7SV. The number of hydrogen-bond donors (Lipinski definition) is 4. The summed E-state index contributed by atoms with van der Waals surface area (Å²) in [6.07, 6.45) is 3.63. The van der Waals surface area contributed by atoms with Crippen LogP contribution in [0.15, 0.2) is 36.7 Å². The maximum absolute atomic E-state index is 8.78. The van der Waals surface area contributed by atoms with Crippen LogP contribution in [-0.4, -0.2) is 35.6 Å². The van der Waals surface area contributed by atoms with Crippen LogP contribution in [0.1, 0.15) is 11.1 Å². The van der Waals surface area contributed by atoms with Gasteiger partial charge in [-0.1, -0.05) is 0 Å². The molecule has 127 valence electrons. The molecule has 0 atom stereocenters. The van der Waals surface area contributed by atoms with Crippen molar-refractivity contribution in [3.05, 3.63) is 47.8 Å². The Balaban J connectivity index is 0.000000450. The van der Waals surface area contributed by atoms with E-state index in [0.29, 0.717) is 0 Å². The minimum atomic E-state index is -4.67. The summed E-state index contributed by atoms with van der Waals surface area (Å²) in [4.78, 5) is 8.58. The SMILES string of the molecule is Cc1ccnc(-c2cc(C)ccn2)c1.O=S(=O)(O)O.[O]=[V]([OH])[OH]. The molecule has 0 aliphatic carbocycles. The standard InChI is InChI=1S/C12H12N2.H2O4S.2H2O.O.V/c1-9-3-5-13-11(7-9)12-8-10(2)4-6-14-12;1-5(2,3)4;;;;/h3-8H,1-2H3;(H2,1,2,3,4);2*1H2;;/q;;;;;+2/p-2. The van der Waals surface area contributed by atoms with Crippen LogP contribution in [0.2, 0.25) is 0 Å². The molecule has 0 saturated heterocycles. The normalized spacial score (nSPS) is 9.83. The van der Waals surface area contributed by atoms with Crippen LogP contribution in [0, 0.1) is 13.8 Å². The molecule has 2 aromatic heterocycles. The van der Waals surface area contributed by atoms with Gasteiger partial charge < -0.3 is 0 Å². The first-order valence-corrected chi connectivity index (χ1v) is 9.11. The van der Waals surface area contributed by atoms with Gasteiger partial charge in [0.1, 0.15) is 0 Å². The second kappa shape index (κ2) is 10.3. The Kier molecular flexibility index (Phi) is 9.60. The molecule has 0 unspecified atom stereocenters. The molecule has 2 heterocycles. The number of aromatic nitrogens is 2. The molecule has 4 N–H and O–H groups in total. The number of hydrogen-bond acceptors (Lipinski definition) is 5. The second-order valence-electron chi connectivity index (χ2n) is 4.14. The zero-order valence-corrected chi connectivity index (χ0v) is 14.4. The van der Waals surface area contributed by atoms with Crippen molar-refractivity contribution < 1.29 is 45.1 Å². The molecule has 0 aliphatic heterocycles. The van der Waals surface area contributed by atoms with Crippen molar-refractivity contribution in [2.75, 3.05) is 0 Å². The summed E-state index contributed by atoms with van der Waals surface area (Å²) in [5, 5.41) is 0. The molecule has 0 fully saturated rings. The minimum absolute atomic E-state index is 0.939. The van der Waals surface area contributed by atoms with E-state index in [1.807, 2.05) is 36.7 Å². The van der Waals surface area contributed by atoms with E-state index in [1.54, 1.807) is 0 Å². The third kappa shape index (κ3) is 13.8. The summed E-state index contributed by atoms with van der Waals surface area (Å²) in [7, 11) is -4.67. The van der Waals surface area contributed by atoms with Gasteiger partial charge in [-0.2, -0.15) is 8.42 Å². The molecular weight excluding hydrogens is 367 g/mol. The predicted octanol–water partition coefficient (Wildman–Crippen LogP) is 0.872. The van der Waals surface area contributed by atoms with Crippen molar-refractivity contribution in [1.29, 1.82) is 0 Å². The molecule has 0 amide bonds. The molecule has 0 radical (unpaired) electrons. The van der Waals surface area contributed by atoms with Crippen LogP contribution in [0.4, 0.5) is 0 Å². The number of nitrogens with zero attached hydrogens (tertiary/aromatic N) is 2. The average Bonchev–Trinajstić information content (AvgIpc) is 2.36. The Morgan fingerprint density at radius 3 is 1.39 bits per heavy atom. The van der Waals surface area contributed by atoms with Gasteiger partial charge in [-0.05, 0) is 49.2 Å². The van der Waals surface area contributed by atoms with Crippen molar-refractivity contribution in [2.24, 2.45) is 0 Å². The third-order valence-corrected chi connectivity index (χ3v) is 2.09. The van der Waals surface area contributed by atoms with Gasteiger partial charge in [0, 0.05) is 12.4 Å². The predicted molar refractivity (Wildman–Crippen MR) is 76.2 cm³/mol. The van der Waals surface area contributed by atoms with Gasteiger partial charge in [0.05, 0.1) is 11.4 Å². The van der Waals surface area contributed by atoms with Crippen LogP contribution < -0.4 is 0 Å². The molecule has 2 aromatic rings. The molecule has 0 aromatic carbocycles. The van der Waals surface area contributed by atoms with E-state index in [4.69, 9.17) is 29.3 Å². The van der Waals surface area contributed by atoms with Gasteiger partial charge in [0.25, 0.3) is 0 Å². The van der Waals surface area contributed by atoms with E-state index in [9.17, 15) is 0 Å². The fraction of sp³-hybridized carbons (Fsp3) is 0.167. The van der Waals surface area contributed by atoms with Gasteiger partial charge in [-0.3, -0.25) is 19.1 Å². The summed E-state index contributed by atoms with van der Waals surface area (Å²) in [6, 6.07) is 8.06. The second-order valence-corrected chi connectivity index (χ2v) is 5.82. The Labute approximate surface area is 138 Å². The molecule has 9 nitrogen and oxygen atoms in total. The number of rotatable bonds is 1. The van der Waals surface area contributed by atoms with Crippen molar-refractivity contribution >= 4 is 10.4 Å². The van der Waals surface area contributed by atoms with E-state index >= 15 is 0 Å². The van der Waals surface area contributed by atoms with Crippen molar-refractivity contribution in [3.63, 3.8) is 0 Å². The summed E-state index contributed by atoms with van der Waals surface area (Å²) in [5.74, 6) is 0. The first-order valence-electron chi connectivity index (χ1n) is 5.89. The van der Waals surface area contributed by atoms with Crippen LogP contribution in [0.5, 0.6) is 0 Å². The molecule has 11 heteroatoms. The Morgan fingerprint density at radius 1 is 0.913 bits per heavy atom. The molecule has 0 saturated carbocycles. The van der Waals surface area contributed by atoms with E-state index in [1.165, 1.54) is 11.1 Å². The van der Waals surface area contributed by atoms with Crippen LogP contribution in [-0.2, 0) is 29.9 Å². The average molecular weight is 383 g/mol. The Bertz CT molecular complexity index is 697. The van der Waals surface area contributed by atoms with E-state index in [-0.39, 0.29) is 0 Å². The molecule has 0 bridgehead atoms. The van der Waals surface area contributed by atoms with Crippen molar-refractivity contribution in [1.82, 2.24) is 9.97 Å². The summed E-state index contributed by atoms with van der Waals surface area (Å²) in [6.45, 7) is 4.11. The first kappa shape index (κ1) is 21.5. The zero-order valence-electron chi connectivity index (χ0n) is 12.2. The van der Waals surface area contributed by atoms with E-state index < -0.39 is 26.2 Å². The van der Waals surface area contributed by atoms with Crippen LogP contribution in [0.3, 0.4) is 0 Å². The fourth-order valence-corrected chi connectivity index (χ4v) is 1.35. The third-order valence-electron chi connectivity index (χ3n) is 2.09. The number of pyridine rings is 2. The first-order chi connectivity index (χ1) is 10.5. The summed E-state index contributed by atoms with van der Waals surface area (Å²) in [5.41, 5.74) is 4.29. The topological polar surface area (TPSA) is 158 Å². The Morgan fingerprint density at radius 2 is 1.17 bits per heavy atom. The summed E-state index contributed by atoms with van der Waals surface area (Å²) < 4.78 is 54.8. The van der Waals surface area contributed by atoms with E-state index in [0.717, 1.165) is 11.4 Å². The van der Waals surface area contributed by atoms with E-state index in [2.05, 4.69) is 23.8 Å². The summed E-state index contributed by atoms with van der Waals surface area (Å²) >= 11 is -3.44. The van der Waals surface area contributed by atoms with Crippen LogP contribution >= 0.6 is 0 Å². The van der Waals surface area contributed by atoms with Gasteiger partial charge in [0.2, 0.25) is 0 Å². The molecule has 23 heavy (non-hydrogen) atoms. The monoisotopic (exact) mass is 383 g/mol. The number of aryl methyl sites for hydroxylation is 2. The zero-order chi connectivity index (χ0) is 18.0. The molecule has 2 rings (SSSR count). The van der Waals surface area contributed by atoms with Crippen molar-refractivity contribution in [3.8, 4) is 11.4 Å². The quantitative estimate of drug-likeness (QED) is 0.524. The van der Waals surface area contributed by atoms with Crippen LogP contribution in [0.25, 0.3) is 11.4 Å². The van der Waals surface area contributed by atoms with Gasteiger partial charge >= 0.3 is 37.9 Å². The Hall–Kier alpha value is -1.53. The van der Waals surface area contributed by atoms with Gasteiger partial charge in [-0.25, -0.2) is 0 Å². The van der Waals surface area contributed by atoms with Gasteiger partial charge in [-0.15, -0.1) is 0 Å². The molecule has 0 spiro atoms. The maximum atomic E-state index is 8.78. The molecule has 0 aliphatic rings.